The molecule has 2 N–H and O–H groups in total. The molecule has 0 bridgehead atoms. The van der Waals surface area contributed by atoms with Crippen LogP contribution in [0.5, 0.6) is 0 Å². The quantitative estimate of drug-likeness (QED) is 0.346. The maximum atomic E-state index is 4.73. The van der Waals surface area contributed by atoms with Crippen LogP contribution in [0.3, 0.4) is 0 Å². The number of aromatic nitrogens is 1. The number of thiazole rings is 1. The second-order valence-electron chi connectivity index (χ2n) is 7.67. The van der Waals surface area contributed by atoms with Crippen LogP contribution in [0.4, 0.5) is 5.69 Å². The van der Waals surface area contributed by atoms with Crippen LogP contribution >= 0.6 is 11.3 Å². The lowest BCUT2D eigenvalue weighted by Gasteiger charge is -2.36. The minimum absolute atomic E-state index is 0.862. The molecule has 1 aromatic heterocycles. The van der Waals surface area contributed by atoms with Gasteiger partial charge in [0, 0.05) is 63.3 Å². The molecule has 164 valence electrons. The Morgan fingerprint density at radius 2 is 1.90 bits per heavy atom. The molecule has 0 atom stereocenters. The van der Waals surface area contributed by atoms with Gasteiger partial charge in [0.2, 0.25) is 0 Å². The molecule has 6 nitrogen and oxygen atoms in total. The lowest BCUT2D eigenvalue weighted by atomic mass is 10.2. The Bertz CT molecular complexity index is 752. The number of aryl methyl sites for hydroxylation is 1. The average molecular weight is 429 g/mol. The largest absolute Gasteiger partial charge is 0.369 e. The fourth-order valence-electron chi connectivity index (χ4n) is 3.68. The summed E-state index contributed by atoms with van der Waals surface area (Å²) in [7, 11) is 0. The summed E-state index contributed by atoms with van der Waals surface area (Å²) in [5, 5.41) is 10.0. The SMILES string of the molecule is CCNC(=NCCCCN1CCN(c2ccccc2)CC1)NCCc1csc(C)n1. The van der Waals surface area contributed by atoms with E-state index in [1.54, 1.807) is 11.3 Å². The fourth-order valence-corrected chi connectivity index (χ4v) is 4.33. The van der Waals surface area contributed by atoms with Gasteiger partial charge < -0.3 is 15.5 Å². The number of hydrogen-bond acceptors (Lipinski definition) is 5. The van der Waals surface area contributed by atoms with E-state index < -0.39 is 0 Å². The van der Waals surface area contributed by atoms with Crippen molar-refractivity contribution in [2.45, 2.75) is 33.1 Å². The third-order valence-corrected chi connectivity index (χ3v) is 6.15. The highest BCUT2D eigenvalue weighted by Gasteiger charge is 2.16. The highest BCUT2D eigenvalue weighted by Crippen LogP contribution is 2.15. The van der Waals surface area contributed by atoms with E-state index in [-0.39, 0.29) is 0 Å². The number of anilines is 1. The number of aliphatic imine (C=N–C) groups is 1. The van der Waals surface area contributed by atoms with Gasteiger partial charge in [0.05, 0.1) is 10.7 Å². The van der Waals surface area contributed by atoms with E-state index in [1.807, 2.05) is 0 Å². The number of para-hydroxylation sites is 1. The number of guanidine groups is 1. The minimum Gasteiger partial charge on any atom is -0.369 e. The molecule has 1 aromatic carbocycles. The molecular formula is C23H36N6S. The van der Waals surface area contributed by atoms with E-state index in [0.29, 0.717) is 0 Å². The van der Waals surface area contributed by atoms with E-state index in [9.17, 15) is 0 Å². The van der Waals surface area contributed by atoms with E-state index >= 15 is 0 Å². The summed E-state index contributed by atoms with van der Waals surface area (Å²) in [5.41, 5.74) is 2.51. The van der Waals surface area contributed by atoms with Gasteiger partial charge in [-0.15, -0.1) is 11.3 Å². The Labute approximate surface area is 185 Å². The summed E-state index contributed by atoms with van der Waals surface area (Å²) in [6.07, 6.45) is 3.26. The Kier molecular flexibility index (Phi) is 9.44. The van der Waals surface area contributed by atoms with Crippen molar-refractivity contribution in [1.29, 1.82) is 0 Å². The summed E-state index contributed by atoms with van der Waals surface area (Å²) in [5.74, 6) is 0.918. The molecule has 1 aliphatic heterocycles. The van der Waals surface area contributed by atoms with E-state index in [2.05, 4.69) is 75.0 Å². The zero-order valence-electron chi connectivity index (χ0n) is 18.4. The van der Waals surface area contributed by atoms with Gasteiger partial charge in [0.25, 0.3) is 0 Å². The topological polar surface area (TPSA) is 55.8 Å². The van der Waals surface area contributed by atoms with Gasteiger partial charge in [0.15, 0.2) is 5.96 Å². The number of piperazine rings is 1. The summed E-state index contributed by atoms with van der Waals surface area (Å²) in [4.78, 5) is 14.3. The molecule has 30 heavy (non-hydrogen) atoms. The Morgan fingerprint density at radius 3 is 2.60 bits per heavy atom. The predicted molar refractivity (Wildman–Crippen MR) is 129 cm³/mol. The van der Waals surface area contributed by atoms with Crippen molar-refractivity contribution in [2.75, 3.05) is 57.3 Å². The van der Waals surface area contributed by atoms with Crippen LogP contribution in [0.25, 0.3) is 0 Å². The number of unbranched alkanes of at least 4 members (excludes halogenated alkanes) is 1. The van der Waals surface area contributed by atoms with Gasteiger partial charge in [-0.1, -0.05) is 18.2 Å². The van der Waals surface area contributed by atoms with Gasteiger partial charge >= 0.3 is 0 Å². The molecule has 1 fully saturated rings. The molecule has 0 unspecified atom stereocenters. The molecule has 7 heteroatoms. The highest BCUT2D eigenvalue weighted by molar-refractivity contribution is 7.09. The van der Waals surface area contributed by atoms with E-state index in [4.69, 9.17) is 4.99 Å². The predicted octanol–water partition coefficient (Wildman–Crippen LogP) is 3.15. The van der Waals surface area contributed by atoms with E-state index in [0.717, 1.165) is 75.3 Å². The molecule has 0 radical (unpaired) electrons. The molecule has 1 aliphatic rings. The minimum atomic E-state index is 0.862. The van der Waals surface area contributed by atoms with Gasteiger partial charge in [0.1, 0.15) is 0 Å². The van der Waals surface area contributed by atoms with Crippen molar-refractivity contribution in [2.24, 2.45) is 4.99 Å². The summed E-state index contributed by atoms with van der Waals surface area (Å²) in [6.45, 7) is 12.5. The van der Waals surface area contributed by atoms with Crippen molar-refractivity contribution < 1.29 is 0 Å². The Hall–Kier alpha value is -2.12. The van der Waals surface area contributed by atoms with Crippen LogP contribution in [0.15, 0.2) is 40.7 Å². The zero-order chi connectivity index (χ0) is 21.0. The van der Waals surface area contributed by atoms with Crippen molar-refractivity contribution >= 4 is 23.0 Å². The lowest BCUT2D eigenvalue weighted by molar-refractivity contribution is 0.253. The second-order valence-corrected chi connectivity index (χ2v) is 8.73. The number of rotatable bonds is 10. The van der Waals surface area contributed by atoms with Gasteiger partial charge in [-0.25, -0.2) is 4.98 Å². The number of benzene rings is 1. The summed E-state index contributed by atoms with van der Waals surface area (Å²) < 4.78 is 0. The number of nitrogens with one attached hydrogen (secondary N) is 2. The normalized spacial score (nSPS) is 15.4. The molecule has 0 amide bonds. The summed E-state index contributed by atoms with van der Waals surface area (Å²) >= 11 is 1.71. The van der Waals surface area contributed by atoms with Crippen molar-refractivity contribution in [3.05, 3.63) is 46.4 Å². The van der Waals surface area contributed by atoms with Crippen LogP contribution in [0, 0.1) is 6.92 Å². The van der Waals surface area contributed by atoms with Crippen LogP contribution in [-0.4, -0.2) is 68.2 Å². The molecular weight excluding hydrogens is 392 g/mol. The monoisotopic (exact) mass is 428 g/mol. The third-order valence-electron chi connectivity index (χ3n) is 5.33. The van der Waals surface area contributed by atoms with Gasteiger partial charge in [-0.2, -0.15) is 0 Å². The average Bonchev–Trinajstić information content (AvgIpc) is 3.19. The van der Waals surface area contributed by atoms with Crippen LogP contribution in [0.2, 0.25) is 0 Å². The third kappa shape index (κ3) is 7.61. The molecule has 2 heterocycles. The Balaban J connectivity index is 1.29. The zero-order valence-corrected chi connectivity index (χ0v) is 19.3. The van der Waals surface area contributed by atoms with Crippen LogP contribution in [0.1, 0.15) is 30.5 Å². The molecule has 0 aliphatic carbocycles. The maximum Gasteiger partial charge on any atom is 0.191 e. The molecule has 1 saturated heterocycles. The number of hydrogen-bond donors (Lipinski definition) is 2. The first kappa shape index (κ1) is 22.6. The second kappa shape index (κ2) is 12.5. The fraction of sp³-hybridized carbons (Fsp3) is 0.565. The van der Waals surface area contributed by atoms with Crippen molar-refractivity contribution in [1.82, 2.24) is 20.5 Å². The summed E-state index contributed by atoms with van der Waals surface area (Å²) in [6, 6.07) is 10.8. The number of nitrogens with zero attached hydrogens (tertiary/aromatic N) is 4. The molecule has 0 spiro atoms. The Morgan fingerprint density at radius 1 is 1.10 bits per heavy atom. The molecule has 2 aromatic rings. The van der Waals surface area contributed by atoms with Crippen LogP contribution < -0.4 is 15.5 Å². The smallest absolute Gasteiger partial charge is 0.191 e. The standard InChI is InChI=1S/C23H36N6S/c1-3-24-23(26-13-11-21-19-30-20(2)27-21)25-12-7-8-14-28-15-17-29(18-16-28)22-9-5-4-6-10-22/h4-6,9-10,19H,3,7-8,11-18H2,1-2H3,(H2,24,25,26). The van der Waals surface area contributed by atoms with Crippen molar-refractivity contribution in [3.8, 4) is 0 Å². The first-order valence-corrected chi connectivity index (χ1v) is 12.1. The lowest BCUT2D eigenvalue weighted by Crippen LogP contribution is -2.46. The first-order chi connectivity index (χ1) is 14.7. The highest BCUT2D eigenvalue weighted by atomic mass is 32.1. The molecule has 0 saturated carbocycles. The van der Waals surface area contributed by atoms with Crippen molar-refractivity contribution in [3.63, 3.8) is 0 Å². The van der Waals surface area contributed by atoms with Gasteiger partial charge in [-0.05, 0) is 45.4 Å². The maximum absolute atomic E-state index is 4.73. The first-order valence-electron chi connectivity index (χ1n) is 11.2. The van der Waals surface area contributed by atoms with Crippen LogP contribution in [-0.2, 0) is 6.42 Å². The molecule has 3 rings (SSSR count). The van der Waals surface area contributed by atoms with Gasteiger partial charge in [-0.3, -0.25) is 9.89 Å². The van der Waals surface area contributed by atoms with E-state index in [1.165, 1.54) is 18.7 Å².